The summed E-state index contributed by atoms with van der Waals surface area (Å²) in [4.78, 5) is 38.4. The summed E-state index contributed by atoms with van der Waals surface area (Å²) in [5, 5.41) is 3.31. The van der Waals surface area contributed by atoms with Gasteiger partial charge in [0.1, 0.15) is 5.54 Å². The van der Waals surface area contributed by atoms with Gasteiger partial charge in [0.2, 0.25) is 0 Å². The predicted molar refractivity (Wildman–Crippen MR) is 94.8 cm³/mol. The van der Waals surface area contributed by atoms with Crippen LogP contribution in [0.25, 0.3) is 0 Å². The van der Waals surface area contributed by atoms with Crippen molar-refractivity contribution in [3.05, 3.63) is 69.7 Å². The van der Waals surface area contributed by atoms with Crippen molar-refractivity contribution in [2.75, 3.05) is 6.54 Å². The summed E-state index contributed by atoms with van der Waals surface area (Å²) in [5.74, 6) is -0.860. The first-order valence-electron chi connectivity index (χ1n) is 7.51. The number of ketones is 1. The Hall–Kier alpha value is -2.37. The summed E-state index contributed by atoms with van der Waals surface area (Å²) in [5.41, 5.74) is -0.497. The fourth-order valence-corrected chi connectivity index (χ4v) is 3.37. The van der Waals surface area contributed by atoms with Gasteiger partial charge in [-0.1, -0.05) is 59.6 Å². The van der Waals surface area contributed by atoms with E-state index in [9.17, 15) is 14.4 Å². The van der Waals surface area contributed by atoms with Crippen molar-refractivity contribution in [2.45, 2.75) is 12.5 Å². The lowest BCUT2D eigenvalue weighted by Crippen LogP contribution is -2.41. The van der Waals surface area contributed by atoms with Crippen LogP contribution in [0, 0.1) is 0 Å². The summed E-state index contributed by atoms with van der Waals surface area (Å²) in [6, 6.07) is 12.5. The number of carbonyl (C=O) groups is 3. The number of nitrogens with zero attached hydrogens (tertiary/aromatic N) is 1. The second-order valence-electron chi connectivity index (χ2n) is 5.86. The van der Waals surface area contributed by atoms with Crippen molar-refractivity contribution in [3.8, 4) is 0 Å². The number of imide groups is 1. The average molecular weight is 377 g/mol. The molecular weight excluding hydrogens is 363 g/mol. The molecule has 1 aliphatic rings. The second-order valence-corrected chi connectivity index (χ2v) is 6.70. The smallest absolute Gasteiger partial charge is 0.319 e. The second kappa shape index (κ2) is 6.50. The van der Waals surface area contributed by atoms with Crippen LogP contribution in [0.15, 0.2) is 48.5 Å². The van der Waals surface area contributed by atoms with Crippen LogP contribution in [0.5, 0.6) is 0 Å². The summed E-state index contributed by atoms with van der Waals surface area (Å²) in [6.07, 6.45) is 0. The molecule has 3 rings (SSSR count). The van der Waals surface area contributed by atoms with Crippen LogP contribution < -0.4 is 5.32 Å². The zero-order valence-corrected chi connectivity index (χ0v) is 14.8. The standard InChI is InChI=1S/C18H14Cl2N2O3/c1-18(13-8-7-12(19)9-14(13)20)16(24)22(17(25)21-18)10-15(23)11-5-3-2-4-6-11/h2-9H,10H2,1H3,(H,21,25). The highest BCUT2D eigenvalue weighted by atomic mass is 35.5. The van der Waals surface area contributed by atoms with Gasteiger partial charge in [-0.15, -0.1) is 0 Å². The first kappa shape index (κ1) is 17.5. The summed E-state index contributed by atoms with van der Waals surface area (Å²) >= 11 is 12.1. The maximum absolute atomic E-state index is 12.8. The Balaban J connectivity index is 1.88. The van der Waals surface area contributed by atoms with Gasteiger partial charge < -0.3 is 5.32 Å². The number of halogens is 2. The molecule has 128 valence electrons. The lowest BCUT2D eigenvalue weighted by atomic mass is 9.92. The van der Waals surface area contributed by atoms with Gasteiger partial charge in [0, 0.05) is 21.2 Å². The zero-order chi connectivity index (χ0) is 18.2. The molecule has 0 aromatic heterocycles. The van der Waals surface area contributed by atoms with E-state index in [0.717, 1.165) is 4.90 Å². The Morgan fingerprint density at radius 2 is 1.80 bits per heavy atom. The molecule has 0 saturated carbocycles. The molecule has 1 saturated heterocycles. The molecule has 1 heterocycles. The van der Waals surface area contributed by atoms with E-state index in [1.807, 2.05) is 0 Å². The van der Waals surface area contributed by atoms with E-state index >= 15 is 0 Å². The molecule has 0 bridgehead atoms. The lowest BCUT2D eigenvalue weighted by molar-refractivity contribution is -0.130. The number of hydrogen-bond donors (Lipinski definition) is 1. The Morgan fingerprint density at radius 3 is 2.44 bits per heavy atom. The SMILES string of the molecule is CC1(c2ccc(Cl)cc2Cl)NC(=O)N(CC(=O)c2ccccc2)C1=O. The van der Waals surface area contributed by atoms with Crippen molar-refractivity contribution < 1.29 is 14.4 Å². The highest BCUT2D eigenvalue weighted by Crippen LogP contribution is 2.35. The maximum atomic E-state index is 12.8. The molecule has 0 aliphatic carbocycles. The van der Waals surface area contributed by atoms with Crippen LogP contribution >= 0.6 is 23.2 Å². The number of nitrogens with one attached hydrogen (secondary N) is 1. The molecule has 1 unspecified atom stereocenters. The van der Waals surface area contributed by atoms with Gasteiger partial charge in [0.15, 0.2) is 5.78 Å². The van der Waals surface area contributed by atoms with Crippen LogP contribution in [0.2, 0.25) is 10.0 Å². The Kier molecular flexibility index (Phi) is 4.54. The van der Waals surface area contributed by atoms with Gasteiger partial charge >= 0.3 is 6.03 Å². The van der Waals surface area contributed by atoms with Crippen LogP contribution in [-0.2, 0) is 10.3 Å². The van der Waals surface area contributed by atoms with E-state index in [0.29, 0.717) is 16.1 Å². The van der Waals surface area contributed by atoms with Crippen molar-refractivity contribution in [2.24, 2.45) is 0 Å². The molecule has 1 aliphatic heterocycles. The van der Waals surface area contributed by atoms with Crippen LogP contribution in [0.3, 0.4) is 0 Å². The number of carbonyl (C=O) groups excluding carboxylic acids is 3. The molecule has 25 heavy (non-hydrogen) atoms. The molecule has 1 fully saturated rings. The van der Waals surface area contributed by atoms with Gasteiger partial charge in [-0.3, -0.25) is 14.5 Å². The van der Waals surface area contributed by atoms with Crippen molar-refractivity contribution >= 4 is 40.9 Å². The topological polar surface area (TPSA) is 66.5 Å². The van der Waals surface area contributed by atoms with E-state index in [1.54, 1.807) is 49.4 Å². The molecular formula is C18H14Cl2N2O3. The number of benzene rings is 2. The third-order valence-corrected chi connectivity index (χ3v) is 4.69. The summed E-state index contributed by atoms with van der Waals surface area (Å²) < 4.78 is 0. The number of rotatable bonds is 4. The Bertz CT molecular complexity index is 870. The third-order valence-electron chi connectivity index (χ3n) is 4.14. The molecule has 2 aromatic rings. The molecule has 2 aromatic carbocycles. The third kappa shape index (κ3) is 3.13. The highest BCUT2D eigenvalue weighted by molar-refractivity contribution is 6.35. The molecule has 0 radical (unpaired) electrons. The lowest BCUT2D eigenvalue weighted by Gasteiger charge is -2.23. The summed E-state index contributed by atoms with van der Waals surface area (Å²) in [7, 11) is 0. The minimum atomic E-state index is -1.35. The largest absolute Gasteiger partial charge is 0.325 e. The van der Waals surface area contributed by atoms with E-state index in [1.165, 1.54) is 6.07 Å². The first-order valence-corrected chi connectivity index (χ1v) is 8.26. The minimum Gasteiger partial charge on any atom is -0.319 e. The highest BCUT2D eigenvalue weighted by Gasteiger charge is 2.50. The fraction of sp³-hybridized carbons (Fsp3) is 0.167. The molecule has 5 nitrogen and oxygen atoms in total. The Morgan fingerprint density at radius 1 is 1.12 bits per heavy atom. The quantitative estimate of drug-likeness (QED) is 0.654. The molecule has 7 heteroatoms. The molecule has 1 N–H and O–H groups in total. The average Bonchev–Trinajstić information content (AvgIpc) is 2.79. The van der Waals surface area contributed by atoms with Gasteiger partial charge in [-0.2, -0.15) is 0 Å². The van der Waals surface area contributed by atoms with Crippen molar-refractivity contribution in [3.63, 3.8) is 0 Å². The summed E-state index contributed by atoms with van der Waals surface area (Å²) in [6.45, 7) is 1.21. The van der Waals surface area contributed by atoms with Gasteiger partial charge in [0.05, 0.1) is 6.54 Å². The molecule has 3 amide bonds. The predicted octanol–water partition coefficient (Wildman–Crippen LogP) is 3.64. The monoisotopic (exact) mass is 376 g/mol. The van der Waals surface area contributed by atoms with Crippen LogP contribution in [0.1, 0.15) is 22.8 Å². The fourth-order valence-electron chi connectivity index (χ4n) is 2.78. The number of Topliss-reactive ketones (excluding diaryl/α,β-unsaturated/α-hetero) is 1. The van der Waals surface area contributed by atoms with Crippen molar-refractivity contribution in [1.29, 1.82) is 0 Å². The zero-order valence-electron chi connectivity index (χ0n) is 13.3. The molecule has 0 spiro atoms. The maximum Gasteiger partial charge on any atom is 0.325 e. The number of hydrogen-bond acceptors (Lipinski definition) is 3. The van der Waals surface area contributed by atoms with Crippen LogP contribution in [-0.4, -0.2) is 29.2 Å². The van der Waals surface area contributed by atoms with Gasteiger partial charge in [-0.25, -0.2) is 4.79 Å². The van der Waals surface area contributed by atoms with Gasteiger partial charge in [0.25, 0.3) is 5.91 Å². The van der Waals surface area contributed by atoms with Gasteiger partial charge in [-0.05, 0) is 19.1 Å². The molecule has 1 atom stereocenters. The number of urea groups is 1. The van der Waals surface area contributed by atoms with Crippen LogP contribution in [0.4, 0.5) is 4.79 Å². The first-order chi connectivity index (χ1) is 11.8. The van der Waals surface area contributed by atoms with E-state index in [-0.39, 0.29) is 17.4 Å². The van der Waals surface area contributed by atoms with Crippen molar-refractivity contribution in [1.82, 2.24) is 10.2 Å². The normalized spacial score (nSPS) is 19.9. The minimum absolute atomic E-state index is 0.264. The van der Waals surface area contributed by atoms with E-state index in [2.05, 4.69) is 5.32 Å². The Labute approximate surface area is 154 Å². The van der Waals surface area contributed by atoms with E-state index in [4.69, 9.17) is 23.2 Å². The number of amides is 3. The van der Waals surface area contributed by atoms with E-state index < -0.39 is 17.5 Å².